The van der Waals surface area contributed by atoms with Gasteiger partial charge in [0.05, 0.1) is 35.5 Å². The highest BCUT2D eigenvalue weighted by molar-refractivity contribution is 7.18. The number of hydrogen-bond acceptors (Lipinski definition) is 6. The lowest BCUT2D eigenvalue weighted by atomic mass is 10.2. The van der Waals surface area contributed by atoms with Crippen molar-refractivity contribution < 1.29 is 14.3 Å². The summed E-state index contributed by atoms with van der Waals surface area (Å²) in [6, 6.07) is 15.0. The molecule has 1 aliphatic rings. The lowest BCUT2D eigenvalue weighted by molar-refractivity contribution is -0.117. The number of carbonyl (C=O) groups excluding carboxylic acids is 2. The van der Waals surface area contributed by atoms with Gasteiger partial charge in [0.1, 0.15) is 5.01 Å². The molecular weight excluding hydrogens is 374 g/mol. The summed E-state index contributed by atoms with van der Waals surface area (Å²) >= 11 is 1.71. The highest BCUT2D eigenvalue weighted by Gasteiger charge is 2.30. The van der Waals surface area contributed by atoms with Gasteiger partial charge in [0.15, 0.2) is 0 Å². The van der Waals surface area contributed by atoms with Gasteiger partial charge in [-0.15, -0.1) is 11.3 Å². The molecule has 1 amide bonds. The number of fused-ring (bicyclic) bond motifs is 1. The zero-order valence-corrected chi connectivity index (χ0v) is 16.4. The number of likely N-dealkylation sites (tertiary alicyclic amines) is 1. The molecular formula is C21H21N3O3S. The Bertz CT molecular complexity index is 967. The number of aromatic nitrogens is 1. The summed E-state index contributed by atoms with van der Waals surface area (Å²) in [5, 5.41) is 3.98. The van der Waals surface area contributed by atoms with E-state index in [0.29, 0.717) is 17.8 Å². The number of nitrogens with one attached hydrogen (secondary N) is 1. The van der Waals surface area contributed by atoms with Crippen LogP contribution in [0.4, 0.5) is 5.69 Å². The second kappa shape index (κ2) is 8.08. The Kier molecular flexibility index (Phi) is 5.36. The third-order valence-electron chi connectivity index (χ3n) is 4.90. The molecule has 0 radical (unpaired) electrons. The number of esters is 1. The molecule has 0 saturated carbocycles. The van der Waals surface area contributed by atoms with Crippen LogP contribution in [0.25, 0.3) is 10.2 Å². The smallest absolute Gasteiger partial charge is 0.337 e. The fourth-order valence-electron chi connectivity index (χ4n) is 3.52. The quantitative estimate of drug-likeness (QED) is 0.664. The number of methoxy groups -OCH3 is 1. The Morgan fingerprint density at radius 1 is 1.21 bits per heavy atom. The summed E-state index contributed by atoms with van der Waals surface area (Å²) in [6.45, 7) is 1.20. The Hall–Kier alpha value is -2.77. The molecule has 7 heteroatoms. The zero-order chi connectivity index (χ0) is 19.5. The van der Waals surface area contributed by atoms with Gasteiger partial charge >= 0.3 is 5.97 Å². The molecule has 144 valence electrons. The predicted molar refractivity (Wildman–Crippen MR) is 110 cm³/mol. The van der Waals surface area contributed by atoms with Crippen molar-refractivity contribution in [2.75, 3.05) is 25.5 Å². The van der Waals surface area contributed by atoms with Gasteiger partial charge in [0.2, 0.25) is 5.91 Å². The minimum absolute atomic E-state index is 0.0705. The van der Waals surface area contributed by atoms with Gasteiger partial charge in [-0.05, 0) is 55.8 Å². The van der Waals surface area contributed by atoms with Crippen molar-refractivity contribution in [1.82, 2.24) is 9.88 Å². The summed E-state index contributed by atoms with van der Waals surface area (Å²) in [7, 11) is 1.34. The molecule has 4 rings (SSSR count). The van der Waals surface area contributed by atoms with Crippen LogP contribution in [-0.2, 0) is 9.53 Å². The molecule has 2 heterocycles. The second-order valence-electron chi connectivity index (χ2n) is 6.77. The normalized spacial score (nSPS) is 17.0. The van der Waals surface area contributed by atoms with E-state index in [1.807, 2.05) is 18.2 Å². The Balaban J connectivity index is 1.41. The maximum atomic E-state index is 12.5. The highest BCUT2D eigenvalue weighted by atomic mass is 32.1. The molecule has 1 aromatic heterocycles. The Morgan fingerprint density at radius 2 is 2.00 bits per heavy atom. The van der Waals surface area contributed by atoms with Crippen LogP contribution in [0, 0.1) is 0 Å². The van der Waals surface area contributed by atoms with E-state index < -0.39 is 5.97 Å². The van der Waals surface area contributed by atoms with Gasteiger partial charge in [-0.1, -0.05) is 12.1 Å². The standard InChI is InChI=1S/C21H21N3O3S/c1-27-21(26)14-8-10-15(11-9-14)22-19(25)13-24-12-4-6-17(24)20-23-16-5-2-3-7-18(16)28-20/h2-3,5,7-11,17H,4,6,12-13H2,1H3,(H,22,25)/t17-/m1/s1. The lowest BCUT2D eigenvalue weighted by Crippen LogP contribution is -2.32. The SMILES string of the molecule is COC(=O)c1ccc(NC(=O)CN2CCC[C@@H]2c2nc3ccccc3s2)cc1. The van der Waals surface area contributed by atoms with E-state index >= 15 is 0 Å². The predicted octanol–water partition coefficient (Wildman–Crippen LogP) is 3.86. The van der Waals surface area contributed by atoms with Crippen LogP contribution in [0.2, 0.25) is 0 Å². The van der Waals surface area contributed by atoms with Crippen LogP contribution < -0.4 is 5.32 Å². The second-order valence-corrected chi connectivity index (χ2v) is 7.83. The maximum absolute atomic E-state index is 12.5. The molecule has 2 aromatic carbocycles. The summed E-state index contributed by atoms with van der Waals surface area (Å²) in [4.78, 5) is 31.0. The van der Waals surface area contributed by atoms with E-state index in [9.17, 15) is 9.59 Å². The minimum atomic E-state index is -0.395. The fourth-order valence-corrected chi connectivity index (χ4v) is 4.66. The molecule has 28 heavy (non-hydrogen) atoms. The number of rotatable bonds is 5. The number of hydrogen-bond donors (Lipinski definition) is 1. The van der Waals surface area contributed by atoms with Gasteiger partial charge < -0.3 is 10.1 Å². The minimum Gasteiger partial charge on any atom is -0.465 e. The third kappa shape index (κ3) is 3.90. The van der Waals surface area contributed by atoms with E-state index in [1.165, 1.54) is 11.8 Å². The Labute approximate surface area is 167 Å². The van der Waals surface area contributed by atoms with E-state index in [0.717, 1.165) is 29.9 Å². The first-order valence-electron chi connectivity index (χ1n) is 9.22. The number of nitrogens with zero attached hydrogens (tertiary/aromatic N) is 2. The van der Waals surface area contributed by atoms with Gasteiger partial charge in [-0.2, -0.15) is 0 Å². The number of thiazole rings is 1. The molecule has 0 unspecified atom stereocenters. The topological polar surface area (TPSA) is 71.5 Å². The number of ether oxygens (including phenoxy) is 1. The van der Waals surface area contributed by atoms with Crippen molar-refractivity contribution in [1.29, 1.82) is 0 Å². The van der Waals surface area contributed by atoms with Crippen LogP contribution in [0.3, 0.4) is 0 Å². The number of anilines is 1. The van der Waals surface area contributed by atoms with Crippen molar-refractivity contribution in [2.24, 2.45) is 0 Å². The largest absolute Gasteiger partial charge is 0.465 e. The zero-order valence-electron chi connectivity index (χ0n) is 15.6. The molecule has 6 nitrogen and oxygen atoms in total. The van der Waals surface area contributed by atoms with Crippen LogP contribution in [0.15, 0.2) is 48.5 Å². The molecule has 0 aliphatic carbocycles. The van der Waals surface area contributed by atoms with Crippen molar-refractivity contribution in [2.45, 2.75) is 18.9 Å². The first-order chi connectivity index (χ1) is 13.6. The number of para-hydroxylation sites is 1. The van der Waals surface area contributed by atoms with Crippen molar-refractivity contribution >= 4 is 39.1 Å². The monoisotopic (exact) mass is 395 g/mol. The summed E-state index contributed by atoms with van der Waals surface area (Å²) in [5.74, 6) is -0.465. The summed E-state index contributed by atoms with van der Waals surface area (Å²) < 4.78 is 5.86. The average molecular weight is 395 g/mol. The molecule has 3 aromatic rings. The van der Waals surface area contributed by atoms with Crippen LogP contribution in [0.1, 0.15) is 34.2 Å². The van der Waals surface area contributed by atoms with E-state index in [-0.39, 0.29) is 11.9 Å². The fraction of sp³-hybridized carbons (Fsp3) is 0.286. The molecule has 1 aliphatic heterocycles. The van der Waals surface area contributed by atoms with Crippen LogP contribution in [0.5, 0.6) is 0 Å². The lowest BCUT2D eigenvalue weighted by Gasteiger charge is -2.22. The van der Waals surface area contributed by atoms with Gasteiger partial charge in [0, 0.05) is 5.69 Å². The third-order valence-corrected chi connectivity index (χ3v) is 6.03. The molecule has 0 bridgehead atoms. The van der Waals surface area contributed by atoms with Crippen molar-refractivity contribution in [3.8, 4) is 0 Å². The maximum Gasteiger partial charge on any atom is 0.337 e. The first kappa shape index (κ1) is 18.6. The van der Waals surface area contributed by atoms with E-state index in [2.05, 4.69) is 21.0 Å². The Morgan fingerprint density at radius 3 is 2.75 bits per heavy atom. The summed E-state index contributed by atoms with van der Waals surface area (Å²) in [6.07, 6.45) is 2.07. The van der Waals surface area contributed by atoms with Gasteiger partial charge in [0.25, 0.3) is 0 Å². The summed E-state index contributed by atoms with van der Waals surface area (Å²) in [5.41, 5.74) is 2.13. The molecule has 1 saturated heterocycles. The van der Waals surface area contributed by atoms with E-state index in [4.69, 9.17) is 4.98 Å². The molecule has 1 fully saturated rings. The van der Waals surface area contributed by atoms with Crippen molar-refractivity contribution in [3.63, 3.8) is 0 Å². The average Bonchev–Trinajstić information content (AvgIpc) is 3.34. The number of amides is 1. The first-order valence-corrected chi connectivity index (χ1v) is 10.0. The number of benzene rings is 2. The number of carbonyl (C=O) groups is 2. The van der Waals surface area contributed by atoms with Gasteiger partial charge in [-0.3, -0.25) is 9.69 Å². The molecule has 1 N–H and O–H groups in total. The molecule has 0 spiro atoms. The molecule has 1 atom stereocenters. The van der Waals surface area contributed by atoms with Crippen molar-refractivity contribution in [3.05, 3.63) is 59.1 Å². The van der Waals surface area contributed by atoms with E-state index in [1.54, 1.807) is 35.6 Å². The highest BCUT2D eigenvalue weighted by Crippen LogP contribution is 2.36. The van der Waals surface area contributed by atoms with Crippen LogP contribution in [-0.4, -0.2) is 42.0 Å². The van der Waals surface area contributed by atoms with Gasteiger partial charge in [-0.25, -0.2) is 9.78 Å². The van der Waals surface area contributed by atoms with Crippen LogP contribution >= 0.6 is 11.3 Å².